The number of benzene rings is 1. The quantitative estimate of drug-likeness (QED) is 0.895. The largest absolute Gasteiger partial charge is 0.480 e. The summed E-state index contributed by atoms with van der Waals surface area (Å²) in [5, 5.41) is 11.9. The zero-order valence-corrected chi connectivity index (χ0v) is 12.6. The highest BCUT2D eigenvalue weighted by molar-refractivity contribution is 5.92. The van der Waals surface area contributed by atoms with Crippen molar-refractivity contribution in [3.63, 3.8) is 0 Å². The highest BCUT2D eigenvalue weighted by Gasteiger charge is 2.28. The van der Waals surface area contributed by atoms with Crippen LogP contribution in [0.15, 0.2) is 18.2 Å². The standard InChI is InChI=1S/C16H22N2O3/c1-11-7-8-12(2)14(9-11)17-16(21)18(10-15(19)20)13-5-3-4-6-13/h7-9,13H,3-6,10H2,1-2H3,(H,17,21)(H,19,20). The number of aliphatic carboxylic acids is 1. The van der Waals surface area contributed by atoms with Gasteiger partial charge < -0.3 is 15.3 Å². The Kier molecular flexibility index (Phi) is 4.83. The van der Waals surface area contributed by atoms with Gasteiger partial charge in [0, 0.05) is 11.7 Å². The number of hydrogen-bond donors (Lipinski definition) is 2. The number of nitrogens with zero attached hydrogens (tertiary/aromatic N) is 1. The molecule has 2 rings (SSSR count). The first-order valence-electron chi connectivity index (χ1n) is 7.34. The minimum absolute atomic E-state index is 0.0335. The topological polar surface area (TPSA) is 69.6 Å². The van der Waals surface area contributed by atoms with E-state index in [0.717, 1.165) is 42.5 Å². The highest BCUT2D eigenvalue weighted by Crippen LogP contribution is 2.25. The van der Waals surface area contributed by atoms with E-state index < -0.39 is 5.97 Å². The molecule has 1 saturated carbocycles. The summed E-state index contributed by atoms with van der Waals surface area (Å²) >= 11 is 0. The Hall–Kier alpha value is -2.04. The lowest BCUT2D eigenvalue weighted by Gasteiger charge is -2.27. The molecule has 2 N–H and O–H groups in total. The Balaban J connectivity index is 2.13. The summed E-state index contributed by atoms with van der Waals surface area (Å²) in [6.45, 7) is 3.63. The average molecular weight is 290 g/mol. The summed E-state index contributed by atoms with van der Waals surface area (Å²) in [4.78, 5) is 24.9. The van der Waals surface area contributed by atoms with Crippen molar-refractivity contribution >= 4 is 17.7 Å². The predicted octanol–water partition coefficient (Wildman–Crippen LogP) is 3.16. The van der Waals surface area contributed by atoms with Crippen molar-refractivity contribution in [2.75, 3.05) is 11.9 Å². The van der Waals surface area contributed by atoms with Gasteiger partial charge in [-0.1, -0.05) is 25.0 Å². The minimum Gasteiger partial charge on any atom is -0.480 e. The summed E-state index contributed by atoms with van der Waals surface area (Å²) in [5.41, 5.74) is 2.77. The van der Waals surface area contributed by atoms with Crippen molar-refractivity contribution < 1.29 is 14.7 Å². The molecule has 1 aliphatic rings. The Morgan fingerprint density at radius 1 is 1.29 bits per heavy atom. The maximum atomic E-state index is 12.5. The van der Waals surface area contributed by atoms with Crippen molar-refractivity contribution in [2.45, 2.75) is 45.6 Å². The molecular weight excluding hydrogens is 268 g/mol. The van der Waals surface area contributed by atoms with Gasteiger partial charge in [-0.25, -0.2) is 4.79 Å². The van der Waals surface area contributed by atoms with Crippen LogP contribution in [0.2, 0.25) is 0 Å². The van der Waals surface area contributed by atoms with E-state index in [-0.39, 0.29) is 18.6 Å². The van der Waals surface area contributed by atoms with E-state index in [1.54, 1.807) is 0 Å². The first-order chi connectivity index (χ1) is 9.97. The third-order valence-electron chi connectivity index (χ3n) is 3.97. The van der Waals surface area contributed by atoms with E-state index >= 15 is 0 Å². The Morgan fingerprint density at radius 2 is 1.95 bits per heavy atom. The van der Waals surface area contributed by atoms with E-state index in [1.165, 1.54) is 4.90 Å². The number of aryl methyl sites for hydroxylation is 2. The van der Waals surface area contributed by atoms with Gasteiger partial charge in [0.05, 0.1) is 0 Å². The smallest absolute Gasteiger partial charge is 0.323 e. The molecule has 0 saturated heterocycles. The summed E-state index contributed by atoms with van der Waals surface area (Å²) in [6.07, 6.45) is 3.87. The van der Waals surface area contributed by atoms with E-state index in [1.807, 2.05) is 32.0 Å². The van der Waals surface area contributed by atoms with E-state index in [9.17, 15) is 9.59 Å². The van der Waals surface area contributed by atoms with Crippen LogP contribution in [0.4, 0.5) is 10.5 Å². The number of carboxylic acid groups (broad SMARTS) is 1. The lowest BCUT2D eigenvalue weighted by Crippen LogP contribution is -2.44. The second-order valence-electron chi connectivity index (χ2n) is 5.71. The van der Waals surface area contributed by atoms with Gasteiger partial charge >= 0.3 is 12.0 Å². The van der Waals surface area contributed by atoms with Gasteiger partial charge in [0.15, 0.2) is 0 Å². The van der Waals surface area contributed by atoms with Crippen LogP contribution >= 0.6 is 0 Å². The molecule has 114 valence electrons. The molecule has 0 unspecified atom stereocenters. The number of carbonyl (C=O) groups is 2. The molecule has 0 spiro atoms. The fourth-order valence-corrected chi connectivity index (χ4v) is 2.79. The van der Waals surface area contributed by atoms with Crippen molar-refractivity contribution in [2.24, 2.45) is 0 Å². The Morgan fingerprint density at radius 3 is 2.57 bits per heavy atom. The third-order valence-corrected chi connectivity index (χ3v) is 3.97. The molecule has 5 nitrogen and oxygen atoms in total. The Bertz CT molecular complexity index is 536. The first kappa shape index (κ1) is 15.4. The van der Waals surface area contributed by atoms with Gasteiger partial charge in [0.2, 0.25) is 0 Å². The number of carboxylic acids is 1. The highest BCUT2D eigenvalue weighted by atomic mass is 16.4. The molecule has 0 aliphatic heterocycles. The lowest BCUT2D eigenvalue weighted by molar-refractivity contribution is -0.138. The van der Waals surface area contributed by atoms with Crippen LogP contribution in [0.25, 0.3) is 0 Å². The number of carbonyl (C=O) groups excluding carboxylic acids is 1. The molecule has 0 bridgehead atoms. The molecule has 2 amide bonds. The summed E-state index contributed by atoms with van der Waals surface area (Å²) < 4.78 is 0. The molecule has 0 radical (unpaired) electrons. The molecule has 1 aliphatic carbocycles. The lowest BCUT2D eigenvalue weighted by atomic mass is 10.1. The SMILES string of the molecule is Cc1ccc(C)c(NC(=O)N(CC(=O)O)C2CCCC2)c1. The van der Waals surface area contributed by atoms with Crippen LogP contribution in [-0.4, -0.2) is 34.6 Å². The van der Waals surface area contributed by atoms with Gasteiger partial charge in [-0.2, -0.15) is 0 Å². The van der Waals surface area contributed by atoms with Crippen molar-refractivity contribution in [3.05, 3.63) is 29.3 Å². The molecule has 1 aromatic carbocycles. The number of rotatable bonds is 4. The van der Waals surface area contributed by atoms with E-state index in [4.69, 9.17) is 5.11 Å². The number of anilines is 1. The van der Waals surface area contributed by atoms with Crippen LogP contribution in [0.1, 0.15) is 36.8 Å². The maximum Gasteiger partial charge on any atom is 0.323 e. The maximum absolute atomic E-state index is 12.5. The molecular formula is C16H22N2O3. The van der Waals surface area contributed by atoms with Crippen molar-refractivity contribution in [3.8, 4) is 0 Å². The second kappa shape index (κ2) is 6.61. The van der Waals surface area contributed by atoms with Gasteiger partial charge in [0.1, 0.15) is 6.54 Å². The zero-order chi connectivity index (χ0) is 15.4. The van der Waals surface area contributed by atoms with Crippen LogP contribution in [0, 0.1) is 13.8 Å². The van der Waals surface area contributed by atoms with E-state index in [2.05, 4.69) is 5.32 Å². The Labute approximate surface area is 125 Å². The van der Waals surface area contributed by atoms with Crippen LogP contribution < -0.4 is 5.32 Å². The normalized spacial score (nSPS) is 15.0. The zero-order valence-electron chi connectivity index (χ0n) is 12.6. The van der Waals surface area contributed by atoms with Gasteiger partial charge in [-0.3, -0.25) is 4.79 Å². The van der Waals surface area contributed by atoms with Crippen LogP contribution in [-0.2, 0) is 4.79 Å². The second-order valence-corrected chi connectivity index (χ2v) is 5.71. The molecule has 1 fully saturated rings. The number of hydrogen-bond acceptors (Lipinski definition) is 2. The van der Waals surface area contributed by atoms with Gasteiger partial charge in [-0.15, -0.1) is 0 Å². The molecule has 0 atom stereocenters. The molecule has 5 heteroatoms. The average Bonchev–Trinajstić information content (AvgIpc) is 2.93. The molecule has 0 aromatic heterocycles. The fourth-order valence-electron chi connectivity index (χ4n) is 2.79. The van der Waals surface area contributed by atoms with Gasteiger partial charge in [-0.05, 0) is 43.9 Å². The molecule has 0 heterocycles. The fraction of sp³-hybridized carbons (Fsp3) is 0.500. The number of amides is 2. The first-order valence-corrected chi connectivity index (χ1v) is 7.34. The summed E-state index contributed by atoms with van der Waals surface area (Å²) in [5.74, 6) is -0.974. The molecule has 1 aromatic rings. The number of nitrogens with one attached hydrogen (secondary N) is 1. The van der Waals surface area contributed by atoms with Crippen LogP contribution in [0.5, 0.6) is 0 Å². The predicted molar refractivity (Wildman–Crippen MR) is 81.5 cm³/mol. The van der Waals surface area contributed by atoms with Gasteiger partial charge in [0.25, 0.3) is 0 Å². The third kappa shape index (κ3) is 3.97. The summed E-state index contributed by atoms with van der Waals surface area (Å²) in [7, 11) is 0. The minimum atomic E-state index is -0.974. The van der Waals surface area contributed by atoms with Crippen molar-refractivity contribution in [1.29, 1.82) is 0 Å². The van der Waals surface area contributed by atoms with Crippen molar-refractivity contribution in [1.82, 2.24) is 4.90 Å². The van der Waals surface area contributed by atoms with Crippen LogP contribution in [0.3, 0.4) is 0 Å². The van der Waals surface area contributed by atoms with E-state index in [0.29, 0.717) is 0 Å². The number of urea groups is 1. The monoisotopic (exact) mass is 290 g/mol. The summed E-state index contributed by atoms with van der Waals surface area (Å²) in [6, 6.07) is 5.55. The molecule has 21 heavy (non-hydrogen) atoms.